The molecule has 0 aliphatic carbocycles. The van der Waals surface area contributed by atoms with Crippen molar-refractivity contribution in [2.24, 2.45) is 13.0 Å². The fourth-order valence-corrected chi connectivity index (χ4v) is 4.60. The summed E-state index contributed by atoms with van der Waals surface area (Å²) in [5.41, 5.74) is 2.28. The highest BCUT2D eigenvalue weighted by molar-refractivity contribution is 7.16. The Kier molecular flexibility index (Phi) is 5.28. The van der Waals surface area contributed by atoms with Gasteiger partial charge in [0.15, 0.2) is 0 Å². The van der Waals surface area contributed by atoms with Crippen molar-refractivity contribution in [2.45, 2.75) is 19.4 Å². The molecule has 28 heavy (non-hydrogen) atoms. The molecule has 146 valence electrons. The number of benzene rings is 2. The molecule has 3 aromatic rings. The molecule has 2 aromatic carbocycles. The van der Waals surface area contributed by atoms with E-state index >= 15 is 0 Å². The molecule has 1 aromatic heterocycles. The van der Waals surface area contributed by atoms with E-state index in [0.29, 0.717) is 17.8 Å². The van der Waals surface area contributed by atoms with Crippen molar-refractivity contribution in [3.8, 4) is 0 Å². The molecule has 0 spiro atoms. The molecule has 5 nitrogen and oxygen atoms in total. The second-order valence-corrected chi connectivity index (χ2v) is 8.23. The van der Waals surface area contributed by atoms with Gasteiger partial charge in [-0.05, 0) is 50.2 Å². The van der Waals surface area contributed by atoms with Crippen LogP contribution in [0.5, 0.6) is 0 Å². The monoisotopic (exact) mass is 399 g/mol. The first-order valence-corrected chi connectivity index (χ1v) is 10.2. The third-order valence-electron chi connectivity index (χ3n) is 5.37. The molecule has 1 aliphatic heterocycles. The van der Waals surface area contributed by atoms with Crippen molar-refractivity contribution < 1.29 is 9.18 Å². The highest BCUT2D eigenvalue weighted by Gasteiger charge is 2.25. The molecular formula is C21H22FN3O2S. The fraction of sp³-hybridized carbons (Fsp3) is 0.333. The van der Waals surface area contributed by atoms with Crippen molar-refractivity contribution in [3.63, 3.8) is 0 Å². The van der Waals surface area contributed by atoms with E-state index in [1.165, 1.54) is 17.4 Å². The summed E-state index contributed by atoms with van der Waals surface area (Å²) in [4.78, 5) is 26.6. The van der Waals surface area contributed by atoms with Gasteiger partial charge in [0.2, 0.25) is 5.91 Å². The first kappa shape index (κ1) is 18.8. The summed E-state index contributed by atoms with van der Waals surface area (Å²) < 4.78 is 16.3. The number of nitrogens with zero attached hydrogens (tertiary/aromatic N) is 2. The van der Waals surface area contributed by atoms with Gasteiger partial charge in [-0.2, -0.15) is 0 Å². The number of thiazole rings is 1. The summed E-state index contributed by atoms with van der Waals surface area (Å²) in [6, 6.07) is 12.4. The highest BCUT2D eigenvalue weighted by Crippen LogP contribution is 2.24. The zero-order valence-electron chi connectivity index (χ0n) is 15.7. The zero-order valence-corrected chi connectivity index (χ0v) is 16.5. The number of hydrogen-bond donors (Lipinski definition) is 1. The average Bonchev–Trinajstić information content (AvgIpc) is 2.97. The Hall–Kier alpha value is -2.51. The molecule has 0 atom stereocenters. The van der Waals surface area contributed by atoms with E-state index in [2.05, 4.69) is 10.2 Å². The third-order valence-corrected chi connectivity index (χ3v) is 6.37. The zero-order chi connectivity index (χ0) is 19.7. The summed E-state index contributed by atoms with van der Waals surface area (Å²) in [7, 11) is 1.74. The van der Waals surface area contributed by atoms with Crippen molar-refractivity contribution in [1.82, 2.24) is 9.47 Å². The van der Waals surface area contributed by atoms with Gasteiger partial charge in [-0.3, -0.25) is 14.5 Å². The molecule has 1 N–H and O–H groups in total. The van der Waals surface area contributed by atoms with Crippen LogP contribution in [0, 0.1) is 11.7 Å². The molecule has 1 amide bonds. The number of anilines is 1. The number of piperidine rings is 1. The first-order valence-electron chi connectivity index (χ1n) is 9.37. The number of likely N-dealkylation sites (tertiary alicyclic amines) is 1. The summed E-state index contributed by atoms with van der Waals surface area (Å²) >= 11 is 1.18. The van der Waals surface area contributed by atoms with Crippen molar-refractivity contribution >= 4 is 33.1 Å². The molecule has 2 heterocycles. The molecule has 1 aliphatic rings. The summed E-state index contributed by atoms with van der Waals surface area (Å²) in [5.74, 6) is -0.226. The van der Waals surface area contributed by atoms with Gasteiger partial charge >= 0.3 is 4.87 Å². The van der Waals surface area contributed by atoms with E-state index in [4.69, 9.17) is 0 Å². The summed E-state index contributed by atoms with van der Waals surface area (Å²) in [6.07, 6.45) is 1.50. The molecule has 0 bridgehead atoms. The lowest BCUT2D eigenvalue weighted by Crippen LogP contribution is -2.37. The van der Waals surface area contributed by atoms with E-state index < -0.39 is 0 Å². The van der Waals surface area contributed by atoms with Crippen molar-refractivity contribution in [1.29, 1.82) is 0 Å². The third kappa shape index (κ3) is 3.86. The second kappa shape index (κ2) is 7.85. The van der Waals surface area contributed by atoms with Crippen LogP contribution in [0.3, 0.4) is 0 Å². The number of aryl methyl sites for hydroxylation is 1. The van der Waals surface area contributed by atoms with E-state index in [0.717, 1.165) is 36.1 Å². The van der Waals surface area contributed by atoms with Gasteiger partial charge in [0.05, 0.1) is 10.2 Å². The van der Waals surface area contributed by atoms with Crippen molar-refractivity contribution in [2.75, 3.05) is 18.4 Å². The average molecular weight is 399 g/mol. The highest BCUT2D eigenvalue weighted by atomic mass is 32.1. The molecule has 1 saturated heterocycles. The van der Waals surface area contributed by atoms with Gasteiger partial charge in [0.1, 0.15) is 5.82 Å². The van der Waals surface area contributed by atoms with Gasteiger partial charge in [-0.1, -0.05) is 29.5 Å². The normalized spacial score (nSPS) is 15.8. The molecule has 4 rings (SSSR count). The Morgan fingerprint density at radius 1 is 1.21 bits per heavy atom. The van der Waals surface area contributed by atoms with Crippen LogP contribution in [0.15, 0.2) is 47.3 Å². The molecule has 0 radical (unpaired) electrons. The summed E-state index contributed by atoms with van der Waals surface area (Å²) in [6.45, 7) is 2.11. The van der Waals surface area contributed by atoms with Gasteiger partial charge in [0.25, 0.3) is 0 Å². The minimum absolute atomic E-state index is 0.00756. The smallest absolute Gasteiger partial charge is 0.307 e. The van der Waals surface area contributed by atoms with Crippen LogP contribution < -0.4 is 10.2 Å². The van der Waals surface area contributed by atoms with Crippen LogP contribution in [-0.2, 0) is 18.4 Å². The van der Waals surface area contributed by atoms with Gasteiger partial charge in [-0.25, -0.2) is 4.39 Å². The van der Waals surface area contributed by atoms with Crippen LogP contribution in [-0.4, -0.2) is 28.5 Å². The van der Waals surface area contributed by atoms with Gasteiger partial charge in [-0.15, -0.1) is 0 Å². The van der Waals surface area contributed by atoms with Gasteiger partial charge < -0.3 is 9.88 Å². The molecular weight excluding hydrogens is 377 g/mol. The standard InChI is InChI=1S/C21H22FN3O2S/c1-24-18-7-6-16(12-19(18)28-21(24)27)23-20(26)14-8-10-25(11-9-14)13-15-4-2-3-5-17(15)22/h2-7,12,14H,8-11,13H2,1H3,(H,23,26). The SMILES string of the molecule is Cn1c(=O)sc2cc(NC(=O)C3CCN(Cc4ccccc4F)CC3)ccc21. The second-order valence-electron chi connectivity index (χ2n) is 7.24. The number of rotatable bonds is 4. The minimum atomic E-state index is -0.180. The van der Waals surface area contributed by atoms with E-state index in [9.17, 15) is 14.0 Å². The van der Waals surface area contributed by atoms with Crippen LogP contribution in [0.1, 0.15) is 18.4 Å². The summed E-state index contributed by atoms with van der Waals surface area (Å²) in [5, 5.41) is 2.98. The number of nitrogens with one attached hydrogen (secondary N) is 1. The number of halogens is 1. The Bertz CT molecular complexity index is 1070. The first-order chi connectivity index (χ1) is 13.5. The number of aromatic nitrogens is 1. The number of hydrogen-bond acceptors (Lipinski definition) is 4. The predicted molar refractivity (Wildman–Crippen MR) is 110 cm³/mol. The fourth-order valence-electron chi connectivity index (χ4n) is 3.68. The van der Waals surface area contributed by atoms with E-state index in [-0.39, 0.29) is 22.5 Å². The maximum atomic E-state index is 13.8. The van der Waals surface area contributed by atoms with E-state index in [1.807, 2.05) is 30.3 Å². The Balaban J connectivity index is 1.35. The largest absolute Gasteiger partial charge is 0.326 e. The van der Waals surface area contributed by atoms with Crippen LogP contribution in [0.4, 0.5) is 10.1 Å². The number of carbonyl (C=O) groups excluding carboxylic acids is 1. The maximum Gasteiger partial charge on any atom is 0.307 e. The number of carbonyl (C=O) groups is 1. The lowest BCUT2D eigenvalue weighted by atomic mass is 9.95. The number of amides is 1. The van der Waals surface area contributed by atoms with Crippen LogP contribution >= 0.6 is 11.3 Å². The molecule has 0 saturated carbocycles. The molecule has 1 fully saturated rings. The predicted octanol–water partition coefficient (Wildman–Crippen LogP) is 3.59. The number of fused-ring (bicyclic) bond motifs is 1. The lowest BCUT2D eigenvalue weighted by molar-refractivity contribution is -0.121. The molecule has 7 heteroatoms. The van der Waals surface area contributed by atoms with Crippen LogP contribution in [0.25, 0.3) is 10.2 Å². The molecule has 0 unspecified atom stereocenters. The Morgan fingerprint density at radius 2 is 1.96 bits per heavy atom. The van der Waals surface area contributed by atoms with Gasteiger partial charge in [0, 0.05) is 30.8 Å². The van der Waals surface area contributed by atoms with E-state index in [1.54, 1.807) is 17.7 Å². The van der Waals surface area contributed by atoms with Crippen molar-refractivity contribution in [3.05, 3.63) is 63.5 Å². The minimum Gasteiger partial charge on any atom is -0.326 e. The maximum absolute atomic E-state index is 13.8. The quantitative estimate of drug-likeness (QED) is 0.730. The lowest BCUT2D eigenvalue weighted by Gasteiger charge is -2.31. The topological polar surface area (TPSA) is 54.3 Å². The van der Waals surface area contributed by atoms with Crippen LogP contribution in [0.2, 0.25) is 0 Å². The Labute approximate surface area is 166 Å². The Morgan fingerprint density at radius 3 is 2.71 bits per heavy atom.